The van der Waals surface area contributed by atoms with Gasteiger partial charge in [-0.2, -0.15) is 11.8 Å². The third-order valence-electron chi connectivity index (χ3n) is 2.82. The van der Waals surface area contributed by atoms with Gasteiger partial charge in [0.1, 0.15) is 5.75 Å². The zero-order valence-electron chi connectivity index (χ0n) is 10.1. The molecule has 1 aliphatic rings. The zero-order valence-corrected chi connectivity index (χ0v) is 10.9. The number of carbonyl (C=O) groups is 1. The molecule has 0 saturated carbocycles. The molecule has 2 N–H and O–H groups in total. The number of nitrogens with one attached hydrogen (secondary N) is 1. The molecule has 0 aliphatic carbocycles. The molecule has 1 fully saturated rings. The maximum atomic E-state index is 11.8. The Kier molecular flexibility index (Phi) is 4.83. The molecule has 1 amide bonds. The highest BCUT2D eigenvalue weighted by molar-refractivity contribution is 7.99. The molecule has 1 aromatic rings. The van der Waals surface area contributed by atoms with Crippen molar-refractivity contribution in [3.05, 3.63) is 24.0 Å². The third kappa shape index (κ3) is 3.61. The highest BCUT2D eigenvalue weighted by Gasteiger charge is 2.13. The zero-order chi connectivity index (χ0) is 12.8. The van der Waals surface area contributed by atoms with Crippen LogP contribution in [0.25, 0.3) is 0 Å². The molecule has 0 bridgehead atoms. The van der Waals surface area contributed by atoms with Gasteiger partial charge in [-0.05, 0) is 12.1 Å². The minimum atomic E-state index is -0.320. The molecule has 1 saturated heterocycles. The SMILES string of the molecule is O=C(NCCN1CCSCC1)c1ncccc1O. The first kappa shape index (κ1) is 13.2. The van der Waals surface area contributed by atoms with Gasteiger partial charge < -0.3 is 10.4 Å². The molecular weight excluding hydrogens is 250 g/mol. The first-order valence-electron chi connectivity index (χ1n) is 5.99. The van der Waals surface area contributed by atoms with E-state index in [1.807, 2.05) is 11.8 Å². The number of rotatable bonds is 4. The smallest absolute Gasteiger partial charge is 0.273 e. The number of hydrogen-bond acceptors (Lipinski definition) is 5. The molecule has 98 valence electrons. The van der Waals surface area contributed by atoms with Crippen molar-refractivity contribution < 1.29 is 9.90 Å². The van der Waals surface area contributed by atoms with E-state index in [0.29, 0.717) is 6.54 Å². The summed E-state index contributed by atoms with van der Waals surface area (Å²) >= 11 is 1.97. The van der Waals surface area contributed by atoms with Gasteiger partial charge in [-0.3, -0.25) is 9.69 Å². The molecule has 18 heavy (non-hydrogen) atoms. The number of aromatic nitrogens is 1. The van der Waals surface area contributed by atoms with Crippen molar-refractivity contribution in [2.45, 2.75) is 0 Å². The van der Waals surface area contributed by atoms with Crippen molar-refractivity contribution >= 4 is 17.7 Å². The Hall–Kier alpha value is -1.27. The lowest BCUT2D eigenvalue weighted by Crippen LogP contribution is -2.39. The van der Waals surface area contributed by atoms with Crippen LogP contribution in [0.1, 0.15) is 10.5 Å². The van der Waals surface area contributed by atoms with Gasteiger partial charge in [0.05, 0.1) is 0 Å². The highest BCUT2D eigenvalue weighted by atomic mass is 32.2. The monoisotopic (exact) mass is 267 g/mol. The van der Waals surface area contributed by atoms with E-state index < -0.39 is 0 Å². The molecule has 5 nitrogen and oxygen atoms in total. The van der Waals surface area contributed by atoms with Crippen molar-refractivity contribution in [2.24, 2.45) is 0 Å². The normalized spacial score (nSPS) is 16.4. The molecule has 1 aliphatic heterocycles. The number of carbonyl (C=O) groups excluding carboxylic acids is 1. The number of nitrogens with zero attached hydrogens (tertiary/aromatic N) is 2. The summed E-state index contributed by atoms with van der Waals surface area (Å²) in [5.41, 5.74) is 0.0895. The largest absolute Gasteiger partial charge is 0.505 e. The second kappa shape index (κ2) is 6.61. The van der Waals surface area contributed by atoms with Gasteiger partial charge in [0.15, 0.2) is 5.69 Å². The molecule has 2 heterocycles. The Bertz CT molecular complexity index is 408. The molecule has 2 rings (SSSR count). The fourth-order valence-electron chi connectivity index (χ4n) is 1.81. The molecular formula is C12H17N3O2S. The first-order chi connectivity index (χ1) is 8.77. The average Bonchev–Trinajstić information content (AvgIpc) is 2.40. The van der Waals surface area contributed by atoms with Crippen molar-refractivity contribution in [2.75, 3.05) is 37.7 Å². The first-order valence-corrected chi connectivity index (χ1v) is 7.15. The summed E-state index contributed by atoms with van der Waals surface area (Å²) in [6.07, 6.45) is 1.50. The summed E-state index contributed by atoms with van der Waals surface area (Å²) in [5.74, 6) is 1.92. The predicted octanol–water partition coefficient (Wildman–Crippen LogP) is 0.566. The number of pyridine rings is 1. The van der Waals surface area contributed by atoms with Gasteiger partial charge in [0.2, 0.25) is 0 Å². The standard InChI is InChI=1S/C12H17N3O2S/c16-10-2-1-3-13-11(10)12(17)14-4-5-15-6-8-18-9-7-15/h1-3,16H,4-9H2,(H,14,17). The summed E-state index contributed by atoms with van der Waals surface area (Å²) < 4.78 is 0. The maximum absolute atomic E-state index is 11.8. The van der Waals surface area contributed by atoms with Crippen molar-refractivity contribution in [3.8, 4) is 5.75 Å². The van der Waals surface area contributed by atoms with Crippen molar-refractivity contribution in [3.63, 3.8) is 0 Å². The Balaban J connectivity index is 1.76. The maximum Gasteiger partial charge on any atom is 0.273 e. The molecule has 0 unspecified atom stereocenters. The van der Waals surface area contributed by atoms with Crippen molar-refractivity contribution in [1.29, 1.82) is 0 Å². The van der Waals surface area contributed by atoms with Crippen LogP contribution in [0.4, 0.5) is 0 Å². The van der Waals surface area contributed by atoms with E-state index in [0.717, 1.165) is 31.1 Å². The van der Waals surface area contributed by atoms with E-state index >= 15 is 0 Å². The minimum Gasteiger partial charge on any atom is -0.505 e. The Morgan fingerprint density at radius 1 is 1.50 bits per heavy atom. The van der Waals surface area contributed by atoms with Gasteiger partial charge in [-0.25, -0.2) is 4.98 Å². The fraction of sp³-hybridized carbons (Fsp3) is 0.500. The van der Waals surface area contributed by atoms with Crippen LogP contribution in [0.15, 0.2) is 18.3 Å². The molecule has 0 atom stereocenters. The van der Waals surface area contributed by atoms with E-state index in [1.165, 1.54) is 12.3 Å². The van der Waals surface area contributed by atoms with E-state index in [9.17, 15) is 9.90 Å². The quantitative estimate of drug-likeness (QED) is 0.835. The predicted molar refractivity (Wildman–Crippen MR) is 72.0 cm³/mol. The van der Waals surface area contributed by atoms with E-state index in [2.05, 4.69) is 15.2 Å². The van der Waals surface area contributed by atoms with Gasteiger partial charge >= 0.3 is 0 Å². The molecule has 1 aromatic heterocycles. The summed E-state index contributed by atoms with van der Waals surface area (Å²) in [4.78, 5) is 17.9. The van der Waals surface area contributed by atoms with E-state index in [4.69, 9.17) is 0 Å². The Morgan fingerprint density at radius 2 is 2.28 bits per heavy atom. The average molecular weight is 267 g/mol. The number of amides is 1. The fourth-order valence-corrected chi connectivity index (χ4v) is 2.79. The van der Waals surface area contributed by atoms with Crippen LogP contribution in [0.3, 0.4) is 0 Å². The van der Waals surface area contributed by atoms with Gasteiger partial charge in [-0.1, -0.05) is 0 Å². The topological polar surface area (TPSA) is 65.5 Å². The van der Waals surface area contributed by atoms with Gasteiger partial charge in [0.25, 0.3) is 5.91 Å². The van der Waals surface area contributed by atoms with Gasteiger partial charge in [0, 0.05) is 43.9 Å². The van der Waals surface area contributed by atoms with E-state index in [1.54, 1.807) is 6.07 Å². The second-order valence-electron chi connectivity index (χ2n) is 4.08. The van der Waals surface area contributed by atoms with Crippen molar-refractivity contribution in [1.82, 2.24) is 15.2 Å². The number of aromatic hydroxyl groups is 1. The van der Waals surface area contributed by atoms with E-state index in [-0.39, 0.29) is 17.4 Å². The van der Waals surface area contributed by atoms with Crippen LogP contribution in [-0.4, -0.2) is 58.6 Å². The minimum absolute atomic E-state index is 0.0793. The summed E-state index contributed by atoms with van der Waals surface area (Å²) in [6.45, 7) is 3.59. The molecule has 0 aromatic carbocycles. The molecule has 0 spiro atoms. The third-order valence-corrected chi connectivity index (χ3v) is 3.76. The number of hydrogen-bond donors (Lipinski definition) is 2. The lowest BCUT2D eigenvalue weighted by atomic mass is 10.3. The lowest BCUT2D eigenvalue weighted by molar-refractivity contribution is 0.0941. The van der Waals surface area contributed by atoms with Crippen LogP contribution in [0.5, 0.6) is 5.75 Å². The summed E-state index contributed by atoms with van der Waals surface area (Å²) in [7, 11) is 0. The Labute approximate surface area is 111 Å². The molecule has 6 heteroatoms. The summed E-state index contributed by atoms with van der Waals surface area (Å²) in [5, 5.41) is 12.3. The van der Waals surface area contributed by atoms with Crippen LogP contribution in [0.2, 0.25) is 0 Å². The van der Waals surface area contributed by atoms with Crippen LogP contribution < -0.4 is 5.32 Å². The van der Waals surface area contributed by atoms with Crippen LogP contribution in [-0.2, 0) is 0 Å². The molecule has 0 radical (unpaired) electrons. The second-order valence-corrected chi connectivity index (χ2v) is 5.31. The summed E-state index contributed by atoms with van der Waals surface area (Å²) in [6, 6.07) is 3.06. The van der Waals surface area contributed by atoms with Gasteiger partial charge in [-0.15, -0.1) is 0 Å². The lowest BCUT2D eigenvalue weighted by Gasteiger charge is -2.25. The Morgan fingerprint density at radius 3 is 3.00 bits per heavy atom. The van der Waals surface area contributed by atoms with Crippen LogP contribution >= 0.6 is 11.8 Å². The highest BCUT2D eigenvalue weighted by Crippen LogP contribution is 2.12. The van der Waals surface area contributed by atoms with Crippen LogP contribution in [0, 0.1) is 0 Å². The number of thioether (sulfide) groups is 1.